The first-order valence-corrected chi connectivity index (χ1v) is 10.2. The molecule has 0 aliphatic carbocycles. The maximum Gasteiger partial charge on any atom is 0.265 e. The van der Waals surface area contributed by atoms with Crippen LogP contribution in [0.15, 0.2) is 40.4 Å². The van der Waals surface area contributed by atoms with Crippen molar-refractivity contribution < 1.29 is 9.21 Å². The number of carbonyl (C=O) groups excluding carboxylic acids is 1. The number of likely N-dealkylation sites (tertiary alicyclic amines) is 1. The number of hydrogen-bond donors (Lipinski definition) is 0. The van der Waals surface area contributed by atoms with E-state index in [9.17, 15) is 4.79 Å². The number of rotatable bonds is 4. The number of hydrogen-bond acceptors (Lipinski definition) is 5. The smallest absolute Gasteiger partial charge is 0.265 e. The molecule has 1 amide bonds. The number of aryl methyl sites for hydroxylation is 1. The van der Waals surface area contributed by atoms with Gasteiger partial charge in [0.25, 0.3) is 5.91 Å². The van der Waals surface area contributed by atoms with Gasteiger partial charge in [-0.3, -0.25) is 4.79 Å². The van der Waals surface area contributed by atoms with E-state index in [4.69, 9.17) is 16.0 Å². The Balaban J connectivity index is 1.46. The van der Waals surface area contributed by atoms with Crippen LogP contribution < -0.4 is 0 Å². The van der Waals surface area contributed by atoms with Gasteiger partial charge in [0.2, 0.25) is 0 Å². The largest absolute Gasteiger partial charge is 0.445 e. The molecule has 1 aliphatic heterocycles. The molecule has 2 aromatic heterocycles. The number of aromatic nitrogens is 2. The molecule has 0 radical (unpaired) electrons. The number of halogens is 1. The summed E-state index contributed by atoms with van der Waals surface area (Å²) in [6, 6.07) is 7.74. The fourth-order valence-electron chi connectivity index (χ4n) is 3.44. The van der Waals surface area contributed by atoms with Crippen LogP contribution in [0.2, 0.25) is 5.02 Å². The van der Waals surface area contributed by atoms with Gasteiger partial charge in [-0.1, -0.05) is 29.8 Å². The molecule has 1 atom stereocenters. The summed E-state index contributed by atoms with van der Waals surface area (Å²) in [5.74, 6) is 1.67. The van der Waals surface area contributed by atoms with Gasteiger partial charge in [0, 0.05) is 24.5 Å². The molecule has 1 fully saturated rings. The van der Waals surface area contributed by atoms with E-state index in [2.05, 4.69) is 9.97 Å². The van der Waals surface area contributed by atoms with Crippen LogP contribution in [0.1, 0.15) is 51.3 Å². The van der Waals surface area contributed by atoms with Gasteiger partial charge in [-0.15, -0.1) is 11.3 Å². The molecule has 7 heteroatoms. The Kier molecular flexibility index (Phi) is 5.27. The highest BCUT2D eigenvalue weighted by atomic mass is 35.5. The summed E-state index contributed by atoms with van der Waals surface area (Å²) >= 11 is 7.64. The Morgan fingerprint density at radius 2 is 2.22 bits per heavy atom. The lowest BCUT2D eigenvalue weighted by Crippen LogP contribution is -2.39. The highest BCUT2D eigenvalue weighted by molar-refractivity contribution is 7.11. The monoisotopic (exact) mass is 401 g/mol. The number of thiazole rings is 1. The van der Waals surface area contributed by atoms with Crippen LogP contribution in [0, 0.1) is 6.92 Å². The minimum atomic E-state index is 0.0579. The van der Waals surface area contributed by atoms with Gasteiger partial charge in [0.15, 0.2) is 5.89 Å². The van der Waals surface area contributed by atoms with Crippen molar-refractivity contribution in [1.29, 1.82) is 0 Å². The highest BCUT2D eigenvalue weighted by Gasteiger charge is 2.29. The molecule has 3 heterocycles. The topological polar surface area (TPSA) is 59.2 Å². The van der Waals surface area contributed by atoms with Gasteiger partial charge in [0.05, 0.1) is 23.3 Å². The van der Waals surface area contributed by atoms with Gasteiger partial charge in [-0.05, 0) is 31.4 Å². The number of oxazole rings is 1. The summed E-state index contributed by atoms with van der Waals surface area (Å²) in [4.78, 5) is 24.1. The maximum absolute atomic E-state index is 12.8. The summed E-state index contributed by atoms with van der Waals surface area (Å²) in [5, 5.41) is 0.727. The first-order chi connectivity index (χ1) is 13.1. The van der Waals surface area contributed by atoms with Crippen LogP contribution in [0.5, 0.6) is 0 Å². The van der Waals surface area contributed by atoms with E-state index in [1.807, 2.05) is 36.1 Å². The third kappa shape index (κ3) is 3.92. The maximum atomic E-state index is 12.8. The van der Waals surface area contributed by atoms with E-state index < -0.39 is 0 Å². The number of piperidine rings is 1. The zero-order valence-corrected chi connectivity index (χ0v) is 16.6. The van der Waals surface area contributed by atoms with E-state index in [-0.39, 0.29) is 11.8 Å². The zero-order valence-electron chi connectivity index (χ0n) is 15.0. The predicted octanol–water partition coefficient (Wildman–Crippen LogP) is 4.70. The summed E-state index contributed by atoms with van der Waals surface area (Å²) in [6.45, 7) is 3.27. The average Bonchev–Trinajstić information content (AvgIpc) is 3.32. The predicted molar refractivity (Wildman–Crippen MR) is 105 cm³/mol. The number of benzene rings is 1. The standard InChI is InChI=1S/C20H20ClN3O2S/c1-13-18(27-12-23-13)20(25)24-8-4-6-15(11-24)19-22-10-16(26-19)9-14-5-2-3-7-17(14)21/h2-3,5,7,10,12,15H,4,6,8-9,11H2,1H3/t15-/m0/s1. The second-order valence-corrected chi connectivity index (χ2v) is 8.05. The summed E-state index contributed by atoms with van der Waals surface area (Å²) in [6.07, 6.45) is 4.29. The Morgan fingerprint density at radius 1 is 1.37 bits per heavy atom. The third-order valence-corrected chi connectivity index (χ3v) is 6.18. The SMILES string of the molecule is Cc1ncsc1C(=O)N1CCC[C@H](c2ncc(Cc3ccccc3Cl)o2)C1. The van der Waals surface area contributed by atoms with Crippen LogP contribution in [-0.4, -0.2) is 33.9 Å². The van der Waals surface area contributed by atoms with E-state index in [0.717, 1.165) is 46.3 Å². The normalized spacial score (nSPS) is 17.3. The molecule has 0 saturated carbocycles. The van der Waals surface area contributed by atoms with Crippen molar-refractivity contribution in [3.63, 3.8) is 0 Å². The van der Waals surface area contributed by atoms with E-state index in [1.54, 1.807) is 11.7 Å². The second-order valence-electron chi connectivity index (χ2n) is 6.79. The number of carbonyl (C=O) groups is 1. The molecule has 1 saturated heterocycles. The molecule has 0 bridgehead atoms. The van der Waals surface area contributed by atoms with Crippen LogP contribution >= 0.6 is 22.9 Å². The van der Waals surface area contributed by atoms with Crippen molar-refractivity contribution in [2.24, 2.45) is 0 Å². The highest BCUT2D eigenvalue weighted by Crippen LogP contribution is 2.29. The van der Waals surface area contributed by atoms with Gasteiger partial charge < -0.3 is 9.32 Å². The van der Waals surface area contributed by atoms with Gasteiger partial charge in [-0.2, -0.15) is 0 Å². The molecular formula is C20H20ClN3O2S. The van der Waals surface area contributed by atoms with Crippen molar-refractivity contribution in [3.8, 4) is 0 Å². The summed E-state index contributed by atoms with van der Waals surface area (Å²) in [5.41, 5.74) is 3.53. The quantitative estimate of drug-likeness (QED) is 0.635. The third-order valence-electron chi connectivity index (χ3n) is 4.89. The van der Waals surface area contributed by atoms with E-state index in [1.165, 1.54) is 11.3 Å². The van der Waals surface area contributed by atoms with Crippen molar-refractivity contribution in [2.75, 3.05) is 13.1 Å². The minimum absolute atomic E-state index is 0.0579. The van der Waals surface area contributed by atoms with Crippen molar-refractivity contribution in [1.82, 2.24) is 14.9 Å². The van der Waals surface area contributed by atoms with Crippen molar-refractivity contribution in [2.45, 2.75) is 32.1 Å². The Hall–Kier alpha value is -2.18. The molecule has 1 aliphatic rings. The molecule has 1 aromatic carbocycles. The molecule has 5 nitrogen and oxygen atoms in total. The van der Waals surface area contributed by atoms with Crippen LogP contribution in [-0.2, 0) is 6.42 Å². The van der Waals surface area contributed by atoms with Crippen molar-refractivity contribution in [3.05, 3.63) is 68.8 Å². The Bertz CT molecular complexity index is 952. The van der Waals surface area contributed by atoms with E-state index in [0.29, 0.717) is 18.9 Å². The minimum Gasteiger partial charge on any atom is -0.445 e. The molecule has 0 unspecified atom stereocenters. The first-order valence-electron chi connectivity index (χ1n) is 8.99. The molecule has 0 spiro atoms. The molecule has 3 aromatic rings. The summed E-state index contributed by atoms with van der Waals surface area (Å²) in [7, 11) is 0. The first kappa shape index (κ1) is 18.2. The van der Waals surface area contributed by atoms with Crippen LogP contribution in [0.4, 0.5) is 0 Å². The fourth-order valence-corrected chi connectivity index (χ4v) is 4.41. The number of nitrogens with zero attached hydrogens (tertiary/aromatic N) is 3. The lowest BCUT2D eigenvalue weighted by atomic mass is 9.98. The average molecular weight is 402 g/mol. The number of amides is 1. The second kappa shape index (κ2) is 7.82. The molecule has 27 heavy (non-hydrogen) atoms. The molecule has 4 rings (SSSR count). The van der Waals surface area contributed by atoms with Gasteiger partial charge >= 0.3 is 0 Å². The van der Waals surface area contributed by atoms with Gasteiger partial charge in [0.1, 0.15) is 10.6 Å². The van der Waals surface area contributed by atoms with Gasteiger partial charge in [-0.25, -0.2) is 9.97 Å². The summed E-state index contributed by atoms with van der Waals surface area (Å²) < 4.78 is 6.01. The van der Waals surface area contributed by atoms with E-state index >= 15 is 0 Å². The Labute approximate surface area is 167 Å². The lowest BCUT2D eigenvalue weighted by Gasteiger charge is -2.31. The fraction of sp³-hybridized carbons (Fsp3) is 0.350. The molecular weight excluding hydrogens is 382 g/mol. The lowest BCUT2D eigenvalue weighted by molar-refractivity contribution is 0.0702. The molecule has 0 N–H and O–H groups in total. The van der Waals surface area contributed by atoms with Crippen molar-refractivity contribution >= 4 is 28.8 Å². The van der Waals surface area contributed by atoms with Crippen LogP contribution in [0.25, 0.3) is 0 Å². The van der Waals surface area contributed by atoms with Crippen LogP contribution in [0.3, 0.4) is 0 Å². The molecule has 140 valence electrons. The Morgan fingerprint density at radius 3 is 3.00 bits per heavy atom. The zero-order chi connectivity index (χ0) is 18.8.